The van der Waals surface area contributed by atoms with Crippen LogP contribution in [0.3, 0.4) is 0 Å². The van der Waals surface area contributed by atoms with Gasteiger partial charge in [-0.05, 0) is 29.8 Å². The fourth-order valence-corrected chi connectivity index (χ4v) is 3.58. The van der Waals surface area contributed by atoms with Gasteiger partial charge in [0, 0.05) is 32.3 Å². The maximum absolute atomic E-state index is 11.0. The molecule has 3 nitrogen and oxygen atoms in total. The summed E-state index contributed by atoms with van der Waals surface area (Å²) in [6.07, 6.45) is 0.619. The standard InChI is InChI=1S/C13H8BrNO2S/c14-9-4-5-12-8(6-9)7-10-11(15(16)17)2-1-3-13(10)18-12/h1-6H,7H2. The van der Waals surface area contributed by atoms with E-state index in [1.54, 1.807) is 23.9 Å². The van der Waals surface area contributed by atoms with Crippen LogP contribution in [0.2, 0.25) is 0 Å². The van der Waals surface area contributed by atoms with Crippen molar-refractivity contribution in [2.75, 3.05) is 0 Å². The first-order chi connectivity index (χ1) is 8.65. The molecule has 3 rings (SSSR count). The Kier molecular flexibility index (Phi) is 2.87. The van der Waals surface area contributed by atoms with E-state index in [0.717, 1.165) is 20.5 Å². The van der Waals surface area contributed by atoms with Gasteiger partial charge in [0.05, 0.1) is 4.92 Å². The third-order valence-corrected chi connectivity index (χ3v) is 4.63. The van der Waals surface area contributed by atoms with Gasteiger partial charge >= 0.3 is 0 Å². The van der Waals surface area contributed by atoms with Crippen LogP contribution in [-0.2, 0) is 6.42 Å². The lowest BCUT2D eigenvalue weighted by molar-refractivity contribution is -0.385. The van der Waals surface area contributed by atoms with Crippen LogP contribution in [0, 0.1) is 10.1 Å². The number of nitrogens with zero attached hydrogens (tertiary/aromatic N) is 1. The predicted octanol–water partition coefficient (Wildman–Crippen LogP) is 4.41. The maximum atomic E-state index is 11.0. The highest BCUT2D eigenvalue weighted by Crippen LogP contribution is 2.43. The van der Waals surface area contributed by atoms with Crippen molar-refractivity contribution in [3.63, 3.8) is 0 Å². The molecule has 0 atom stereocenters. The van der Waals surface area contributed by atoms with Gasteiger partial charge in [-0.2, -0.15) is 0 Å². The van der Waals surface area contributed by atoms with Crippen molar-refractivity contribution >= 4 is 33.4 Å². The molecule has 0 saturated carbocycles. The Morgan fingerprint density at radius 2 is 2.06 bits per heavy atom. The number of rotatable bonds is 1. The minimum absolute atomic E-state index is 0.214. The van der Waals surface area contributed by atoms with Gasteiger partial charge in [-0.25, -0.2) is 0 Å². The molecule has 1 aliphatic heterocycles. The number of nitro benzene ring substituents is 1. The second-order valence-corrected chi connectivity index (χ2v) is 6.04. The van der Waals surface area contributed by atoms with E-state index in [9.17, 15) is 10.1 Å². The number of hydrogen-bond donors (Lipinski definition) is 0. The van der Waals surface area contributed by atoms with E-state index < -0.39 is 0 Å². The summed E-state index contributed by atoms with van der Waals surface area (Å²) in [6.45, 7) is 0. The Balaban J connectivity index is 2.14. The van der Waals surface area contributed by atoms with Crippen molar-refractivity contribution in [2.45, 2.75) is 16.2 Å². The maximum Gasteiger partial charge on any atom is 0.274 e. The summed E-state index contributed by atoms with van der Waals surface area (Å²) in [7, 11) is 0. The molecular formula is C13H8BrNO2S. The number of hydrogen-bond acceptors (Lipinski definition) is 3. The van der Waals surface area contributed by atoms with E-state index in [0.29, 0.717) is 6.42 Å². The molecule has 18 heavy (non-hydrogen) atoms. The SMILES string of the molecule is O=[N+]([O-])c1cccc2c1Cc1cc(Br)ccc1S2. The summed E-state index contributed by atoms with van der Waals surface area (Å²) in [4.78, 5) is 12.9. The highest BCUT2D eigenvalue weighted by molar-refractivity contribution is 9.10. The molecule has 1 heterocycles. The number of halogens is 1. The second kappa shape index (κ2) is 4.40. The van der Waals surface area contributed by atoms with Crippen LogP contribution >= 0.6 is 27.7 Å². The molecule has 2 aromatic carbocycles. The van der Waals surface area contributed by atoms with Crippen LogP contribution in [0.1, 0.15) is 11.1 Å². The number of benzene rings is 2. The quantitative estimate of drug-likeness (QED) is 0.492. The van der Waals surface area contributed by atoms with E-state index >= 15 is 0 Å². The lowest BCUT2D eigenvalue weighted by atomic mass is 10.0. The van der Waals surface area contributed by atoms with Crippen LogP contribution < -0.4 is 0 Å². The van der Waals surface area contributed by atoms with Crippen LogP contribution in [0.25, 0.3) is 0 Å². The Hall–Kier alpha value is -1.33. The van der Waals surface area contributed by atoms with Crippen LogP contribution in [0.5, 0.6) is 0 Å². The van der Waals surface area contributed by atoms with Gasteiger partial charge in [0.15, 0.2) is 0 Å². The molecule has 1 aliphatic rings. The summed E-state index contributed by atoms with van der Waals surface area (Å²) >= 11 is 5.03. The van der Waals surface area contributed by atoms with Crippen molar-refractivity contribution in [2.24, 2.45) is 0 Å². The van der Waals surface area contributed by atoms with Gasteiger partial charge in [0.25, 0.3) is 5.69 Å². The van der Waals surface area contributed by atoms with Crippen molar-refractivity contribution < 1.29 is 4.92 Å². The molecule has 2 aromatic rings. The van der Waals surface area contributed by atoms with Crippen molar-refractivity contribution in [1.82, 2.24) is 0 Å². The molecule has 5 heteroatoms. The first-order valence-corrected chi connectivity index (χ1v) is 6.98. The molecule has 0 N–H and O–H groups in total. The Morgan fingerprint density at radius 3 is 2.83 bits per heavy atom. The van der Waals surface area contributed by atoms with Gasteiger partial charge in [-0.1, -0.05) is 33.8 Å². The average Bonchev–Trinajstić information content (AvgIpc) is 2.35. The third kappa shape index (κ3) is 1.93. The van der Waals surface area contributed by atoms with Crippen molar-refractivity contribution in [3.05, 3.63) is 62.1 Å². The molecule has 0 amide bonds. The van der Waals surface area contributed by atoms with E-state index in [-0.39, 0.29) is 10.6 Å². The number of nitro groups is 1. The Morgan fingerprint density at radius 1 is 1.22 bits per heavy atom. The average molecular weight is 322 g/mol. The highest BCUT2D eigenvalue weighted by atomic mass is 79.9. The molecular weight excluding hydrogens is 314 g/mol. The zero-order chi connectivity index (χ0) is 12.7. The molecule has 0 spiro atoms. The second-order valence-electron chi connectivity index (χ2n) is 4.04. The molecule has 0 unspecified atom stereocenters. The summed E-state index contributed by atoms with van der Waals surface area (Å²) in [5.74, 6) is 0. The van der Waals surface area contributed by atoms with E-state index in [2.05, 4.69) is 15.9 Å². The Labute approximate surface area is 116 Å². The first kappa shape index (κ1) is 11.7. The van der Waals surface area contributed by atoms with Crippen LogP contribution in [-0.4, -0.2) is 4.92 Å². The van der Waals surface area contributed by atoms with Crippen LogP contribution in [0.4, 0.5) is 5.69 Å². The van der Waals surface area contributed by atoms with E-state index in [1.807, 2.05) is 24.3 Å². The summed E-state index contributed by atoms with van der Waals surface area (Å²) in [5, 5.41) is 11.0. The predicted molar refractivity (Wildman–Crippen MR) is 74.2 cm³/mol. The molecule has 0 radical (unpaired) electrons. The molecule has 0 aromatic heterocycles. The van der Waals surface area contributed by atoms with E-state index in [1.165, 1.54) is 4.90 Å². The Bertz CT molecular complexity index is 657. The molecule has 0 fully saturated rings. The summed E-state index contributed by atoms with van der Waals surface area (Å²) < 4.78 is 1.00. The normalized spacial score (nSPS) is 12.7. The fourth-order valence-electron chi connectivity index (χ4n) is 2.09. The fraction of sp³-hybridized carbons (Fsp3) is 0.0769. The smallest absolute Gasteiger partial charge is 0.258 e. The zero-order valence-electron chi connectivity index (χ0n) is 9.22. The molecule has 90 valence electrons. The minimum Gasteiger partial charge on any atom is -0.258 e. The monoisotopic (exact) mass is 321 g/mol. The molecule has 0 aliphatic carbocycles. The lowest BCUT2D eigenvalue weighted by Crippen LogP contribution is -2.03. The van der Waals surface area contributed by atoms with Gasteiger partial charge < -0.3 is 0 Å². The van der Waals surface area contributed by atoms with Crippen LogP contribution in [0.15, 0.2) is 50.7 Å². The molecule has 0 saturated heterocycles. The summed E-state index contributed by atoms with van der Waals surface area (Å²) in [6, 6.07) is 11.3. The highest BCUT2D eigenvalue weighted by Gasteiger charge is 2.23. The van der Waals surface area contributed by atoms with E-state index in [4.69, 9.17) is 0 Å². The molecule has 0 bridgehead atoms. The number of fused-ring (bicyclic) bond motifs is 2. The zero-order valence-corrected chi connectivity index (χ0v) is 11.6. The van der Waals surface area contributed by atoms with Gasteiger partial charge in [0.2, 0.25) is 0 Å². The minimum atomic E-state index is -0.303. The van der Waals surface area contributed by atoms with Gasteiger partial charge in [0.1, 0.15) is 0 Å². The topological polar surface area (TPSA) is 43.1 Å². The van der Waals surface area contributed by atoms with Crippen molar-refractivity contribution in [1.29, 1.82) is 0 Å². The van der Waals surface area contributed by atoms with Gasteiger partial charge in [-0.15, -0.1) is 0 Å². The largest absolute Gasteiger partial charge is 0.274 e. The first-order valence-electron chi connectivity index (χ1n) is 5.38. The summed E-state index contributed by atoms with van der Waals surface area (Å²) in [5.41, 5.74) is 2.17. The third-order valence-electron chi connectivity index (χ3n) is 2.91. The van der Waals surface area contributed by atoms with Gasteiger partial charge in [-0.3, -0.25) is 10.1 Å². The van der Waals surface area contributed by atoms with Crippen molar-refractivity contribution in [3.8, 4) is 0 Å². The lowest BCUT2D eigenvalue weighted by Gasteiger charge is -2.18.